The molecule has 0 aliphatic heterocycles. The number of hydrogen-bond donors (Lipinski definition) is 1. The van der Waals surface area contributed by atoms with Crippen molar-refractivity contribution in [3.05, 3.63) is 12.1 Å². The van der Waals surface area contributed by atoms with Crippen molar-refractivity contribution in [1.82, 2.24) is 14.3 Å². The molecule has 0 atom stereocenters. The Morgan fingerprint density at radius 3 is 2.26 bits per heavy atom. The second kappa shape index (κ2) is 8.99. The van der Waals surface area contributed by atoms with Crippen molar-refractivity contribution in [1.29, 1.82) is 0 Å². The second-order valence-electron chi connectivity index (χ2n) is 5.46. The van der Waals surface area contributed by atoms with Gasteiger partial charge in [-0.25, -0.2) is 14.7 Å². The van der Waals surface area contributed by atoms with Crippen LogP contribution in [0, 0.1) is 0 Å². The third kappa shape index (κ3) is 4.70. The molecule has 2 heterocycles. The Balaban J connectivity index is 1.89. The molecule has 27 heavy (non-hydrogen) atoms. The van der Waals surface area contributed by atoms with E-state index in [2.05, 4.69) is 14.7 Å². The van der Waals surface area contributed by atoms with E-state index in [9.17, 15) is 8.42 Å². The molecule has 2 aromatic heterocycles. The summed E-state index contributed by atoms with van der Waals surface area (Å²) in [4.78, 5) is 8.98. The largest absolute Gasteiger partial charge is 0.383 e. The summed E-state index contributed by atoms with van der Waals surface area (Å²) in [5, 5.41) is 0.330. The monoisotopic (exact) mass is 448 g/mol. The fourth-order valence-electron chi connectivity index (χ4n) is 2.40. The maximum Gasteiger partial charge on any atom is 0.303 e. The molecule has 0 spiro atoms. The van der Waals surface area contributed by atoms with Crippen LogP contribution in [-0.4, -0.2) is 69.5 Å². The first-order chi connectivity index (χ1) is 13.0. The number of thiazole rings is 2. The van der Waals surface area contributed by atoms with Crippen LogP contribution < -0.4 is 4.72 Å². The number of thioether (sulfide) groups is 1. The third-order valence-electron chi connectivity index (χ3n) is 3.71. The van der Waals surface area contributed by atoms with Gasteiger partial charge < -0.3 is 9.47 Å². The number of ether oxygens (including phenoxy) is 2. The molecule has 3 rings (SSSR count). The van der Waals surface area contributed by atoms with Crippen LogP contribution in [0.5, 0.6) is 0 Å². The van der Waals surface area contributed by atoms with Crippen LogP contribution >= 0.6 is 34.4 Å². The average molecular weight is 449 g/mol. The van der Waals surface area contributed by atoms with Gasteiger partial charge in [0.2, 0.25) is 0 Å². The van der Waals surface area contributed by atoms with Gasteiger partial charge in [-0.1, -0.05) is 23.1 Å². The zero-order valence-electron chi connectivity index (χ0n) is 15.1. The third-order valence-corrected chi connectivity index (χ3v) is 8.55. The van der Waals surface area contributed by atoms with Gasteiger partial charge in [-0.2, -0.15) is 12.7 Å². The summed E-state index contributed by atoms with van der Waals surface area (Å²) in [6.45, 7) is 1.05. The van der Waals surface area contributed by atoms with Gasteiger partial charge in [0, 0.05) is 27.3 Å². The van der Waals surface area contributed by atoms with E-state index in [-0.39, 0.29) is 13.1 Å². The quantitative estimate of drug-likeness (QED) is 0.477. The van der Waals surface area contributed by atoms with Crippen LogP contribution in [0.25, 0.3) is 20.4 Å². The first-order valence-corrected chi connectivity index (χ1v) is 12.3. The van der Waals surface area contributed by atoms with E-state index >= 15 is 0 Å². The Bertz CT molecular complexity index is 1010. The summed E-state index contributed by atoms with van der Waals surface area (Å²) < 4.78 is 42.3. The molecule has 0 aliphatic rings. The highest BCUT2D eigenvalue weighted by atomic mass is 32.2. The molecular weight excluding hydrogens is 428 g/mol. The molecule has 0 fully saturated rings. The van der Waals surface area contributed by atoms with Gasteiger partial charge in [-0.05, 0) is 18.4 Å². The topological polar surface area (TPSA) is 93.7 Å². The van der Waals surface area contributed by atoms with Crippen molar-refractivity contribution in [2.45, 2.75) is 4.34 Å². The number of nitrogens with one attached hydrogen (secondary N) is 1. The lowest BCUT2D eigenvalue weighted by Crippen LogP contribution is -2.40. The molecule has 0 bridgehead atoms. The minimum atomic E-state index is -3.77. The molecule has 3 aromatic rings. The molecule has 148 valence electrons. The van der Waals surface area contributed by atoms with Gasteiger partial charge in [0.25, 0.3) is 0 Å². The summed E-state index contributed by atoms with van der Waals surface area (Å²) in [5.74, 6) is 0. The smallest absolute Gasteiger partial charge is 0.303 e. The summed E-state index contributed by atoms with van der Waals surface area (Å²) >= 11 is 4.49. The molecule has 0 radical (unpaired) electrons. The summed E-state index contributed by atoms with van der Waals surface area (Å²) in [6, 6.07) is 3.78. The Morgan fingerprint density at radius 1 is 1.07 bits per heavy atom. The van der Waals surface area contributed by atoms with Crippen molar-refractivity contribution in [2.75, 3.05) is 51.5 Å². The van der Waals surface area contributed by atoms with Crippen LogP contribution in [0.1, 0.15) is 0 Å². The van der Waals surface area contributed by atoms with E-state index in [0.29, 0.717) is 18.3 Å². The van der Waals surface area contributed by atoms with Gasteiger partial charge in [0.1, 0.15) is 0 Å². The number of hydrogen-bond acceptors (Lipinski definition) is 9. The van der Waals surface area contributed by atoms with Gasteiger partial charge in [-0.3, -0.25) is 0 Å². The van der Waals surface area contributed by atoms with E-state index in [1.54, 1.807) is 23.1 Å². The van der Waals surface area contributed by atoms with Gasteiger partial charge in [0.15, 0.2) is 9.47 Å². The van der Waals surface area contributed by atoms with Crippen LogP contribution in [0.3, 0.4) is 0 Å². The molecule has 0 aliphatic carbocycles. The Morgan fingerprint density at radius 2 is 1.67 bits per heavy atom. The maximum absolute atomic E-state index is 12.8. The number of rotatable bonds is 10. The second-order valence-corrected chi connectivity index (χ2v) is 10.2. The lowest BCUT2D eigenvalue weighted by atomic mass is 10.3. The van der Waals surface area contributed by atoms with Crippen molar-refractivity contribution in [3.63, 3.8) is 0 Å². The highest BCUT2D eigenvalue weighted by Crippen LogP contribution is 2.38. The van der Waals surface area contributed by atoms with E-state index in [1.165, 1.54) is 29.9 Å². The zero-order chi connectivity index (χ0) is 19.4. The Kier molecular flexibility index (Phi) is 6.89. The van der Waals surface area contributed by atoms with E-state index in [4.69, 9.17) is 9.47 Å². The summed E-state index contributed by atoms with van der Waals surface area (Å²) in [6.07, 6.45) is 1.98. The predicted octanol–water partition coefficient (Wildman–Crippen LogP) is 2.88. The first kappa shape index (κ1) is 20.7. The minimum Gasteiger partial charge on any atom is -0.383 e. The molecule has 0 saturated heterocycles. The molecule has 8 nitrogen and oxygen atoms in total. The Labute approximate surface area is 170 Å². The number of nitrogens with zero attached hydrogens (tertiary/aromatic N) is 3. The lowest BCUT2D eigenvalue weighted by molar-refractivity contribution is 0.150. The average Bonchev–Trinajstić information content (AvgIpc) is 3.23. The van der Waals surface area contributed by atoms with Crippen molar-refractivity contribution in [3.8, 4) is 0 Å². The molecule has 1 N–H and O–H groups in total. The molecule has 0 saturated carbocycles. The van der Waals surface area contributed by atoms with Gasteiger partial charge >= 0.3 is 10.2 Å². The standard InChI is InChI=1S/C15H20N4O4S4/c1-22-8-6-19(7-9-23-2)27(20,21)18-14-16-10-4-5-11-13(12(10)25-14)26-15(17-11)24-3/h4-5H,6-9H2,1-3H3,(H,16,18). The van der Waals surface area contributed by atoms with Crippen molar-refractivity contribution in [2.24, 2.45) is 0 Å². The van der Waals surface area contributed by atoms with E-state index < -0.39 is 10.2 Å². The predicted molar refractivity (Wildman–Crippen MR) is 112 cm³/mol. The molecular formula is C15H20N4O4S4. The van der Waals surface area contributed by atoms with Crippen LogP contribution in [0.2, 0.25) is 0 Å². The molecule has 0 unspecified atom stereocenters. The number of methoxy groups -OCH3 is 2. The van der Waals surface area contributed by atoms with Crippen LogP contribution in [0.4, 0.5) is 5.13 Å². The Hall–Kier alpha value is -1.02. The molecule has 12 heteroatoms. The SMILES string of the molecule is COCCN(CCOC)S(=O)(=O)Nc1nc2ccc3nc(SC)sc3c2s1. The van der Waals surface area contributed by atoms with Crippen molar-refractivity contribution < 1.29 is 17.9 Å². The summed E-state index contributed by atoms with van der Waals surface area (Å²) in [7, 11) is -0.699. The van der Waals surface area contributed by atoms with E-state index in [1.807, 2.05) is 18.4 Å². The highest BCUT2D eigenvalue weighted by molar-refractivity contribution is 8.00. The summed E-state index contributed by atoms with van der Waals surface area (Å²) in [5.41, 5.74) is 1.65. The first-order valence-electron chi connectivity index (χ1n) is 7.98. The van der Waals surface area contributed by atoms with Gasteiger partial charge in [0.05, 0.1) is 33.6 Å². The number of anilines is 1. The van der Waals surface area contributed by atoms with E-state index in [0.717, 1.165) is 24.8 Å². The fourth-order valence-corrected chi connectivity index (χ4v) is 6.41. The zero-order valence-corrected chi connectivity index (χ0v) is 18.4. The maximum atomic E-state index is 12.8. The molecule has 0 amide bonds. The highest BCUT2D eigenvalue weighted by Gasteiger charge is 2.23. The van der Waals surface area contributed by atoms with Gasteiger partial charge in [-0.15, -0.1) is 11.3 Å². The fraction of sp³-hybridized carbons (Fsp3) is 0.467. The molecule has 1 aromatic carbocycles. The van der Waals surface area contributed by atoms with Crippen LogP contribution in [-0.2, 0) is 19.7 Å². The normalized spacial score (nSPS) is 12.4. The van der Waals surface area contributed by atoms with Crippen molar-refractivity contribution >= 4 is 70.2 Å². The number of aromatic nitrogens is 2. The lowest BCUT2D eigenvalue weighted by Gasteiger charge is -2.21. The minimum absolute atomic E-state index is 0.232. The number of fused-ring (bicyclic) bond motifs is 3. The number of benzene rings is 1. The van der Waals surface area contributed by atoms with Crippen LogP contribution in [0.15, 0.2) is 16.5 Å².